The summed E-state index contributed by atoms with van der Waals surface area (Å²) in [6.45, 7) is 1.31. The van der Waals surface area contributed by atoms with E-state index in [1.807, 2.05) is 0 Å². The van der Waals surface area contributed by atoms with Gasteiger partial charge in [-0.15, -0.1) is 0 Å². The lowest BCUT2D eigenvalue weighted by atomic mass is 10.2. The minimum absolute atomic E-state index is 0.00483. The van der Waals surface area contributed by atoms with E-state index in [1.165, 1.54) is 37.3 Å². The lowest BCUT2D eigenvalue weighted by Crippen LogP contribution is -2.10. The standard InChI is InChI=1S/C14H13ClN2O3S/c1-9(18)17-13-8-10(6-7-12(13)16)21(19,20)14-5-3-2-4-11(14)15/h2-8H,16H2,1H3,(H,17,18). The van der Waals surface area contributed by atoms with Crippen LogP contribution < -0.4 is 11.1 Å². The Balaban J connectivity index is 2.56. The van der Waals surface area contributed by atoms with E-state index >= 15 is 0 Å². The normalized spacial score (nSPS) is 11.1. The summed E-state index contributed by atoms with van der Waals surface area (Å²) in [6.07, 6.45) is 0. The maximum Gasteiger partial charge on any atom is 0.221 e. The molecule has 0 aliphatic carbocycles. The Bertz CT molecular complexity index is 804. The third kappa shape index (κ3) is 3.17. The maximum atomic E-state index is 12.6. The van der Waals surface area contributed by atoms with Crippen LogP contribution in [0.5, 0.6) is 0 Å². The van der Waals surface area contributed by atoms with Crippen LogP contribution >= 0.6 is 11.6 Å². The summed E-state index contributed by atoms with van der Waals surface area (Å²) in [5.74, 6) is -0.339. The molecule has 0 aliphatic heterocycles. The van der Waals surface area contributed by atoms with Gasteiger partial charge in [-0.25, -0.2) is 8.42 Å². The van der Waals surface area contributed by atoms with Gasteiger partial charge >= 0.3 is 0 Å². The number of rotatable bonds is 3. The van der Waals surface area contributed by atoms with Crippen molar-refractivity contribution in [3.63, 3.8) is 0 Å². The number of nitrogen functional groups attached to an aromatic ring is 1. The molecule has 0 fully saturated rings. The monoisotopic (exact) mass is 324 g/mol. The average molecular weight is 325 g/mol. The molecule has 2 aromatic rings. The first kappa shape index (κ1) is 15.3. The third-order valence-electron chi connectivity index (χ3n) is 2.77. The van der Waals surface area contributed by atoms with Crippen molar-refractivity contribution in [2.24, 2.45) is 0 Å². The third-order valence-corrected chi connectivity index (χ3v) is 5.02. The molecular weight excluding hydrogens is 312 g/mol. The Hall–Kier alpha value is -2.05. The molecule has 0 heterocycles. The molecule has 0 aromatic heterocycles. The van der Waals surface area contributed by atoms with E-state index in [0.29, 0.717) is 0 Å². The fourth-order valence-electron chi connectivity index (χ4n) is 1.79. The molecule has 0 radical (unpaired) electrons. The highest BCUT2D eigenvalue weighted by atomic mass is 35.5. The first-order chi connectivity index (χ1) is 9.82. The number of carbonyl (C=O) groups is 1. The SMILES string of the molecule is CC(=O)Nc1cc(S(=O)(=O)c2ccccc2Cl)ccc1N. The largest absolute Gasteiger partial charge is 0.397 e. The molecule has 0 aliphatic rings. The van der Waals surface area contributed by atoms with E-state index in [1.54, 1.807) is 12.1 Å². The van der Waals surface area contributed by atoms with Crippen molar-refractivity contribution >= 4 is 38.7 Å². The van der Waals surface area contributed by atoms with Gasteiger partial charge in [-0.3, -0.25) is 4.79 Å². The molecule has 21 heavy (non-hydrogen) atoms. The Morgan fingerprint density at radius 1 is 1.19 bits per heavy atom. The van der Waals surface area contributed by atoms with Gasteiger partial charge in [0.05, 0.1) is 26.2 Å². The van der Waals surface area contributed by atoms with Gasteiger partial charge in [0.2, 0.25) is 15.7 Å². The molecule has 0 spiro atoms. The number of anilines is 2. The Morgan fingerprint density at radius 2 is 1.86 bits per heavy atom. The summed E-state index contributed by atoms with van der Waals surface area (Å²) >= 11 is 5.94. The quantitative estimate of drug-likeness (QED) is 0.849. The maximum absolute atomic E-state index is 12.6. The second-order valence-corrected chi connectivity index (χ2v) is 6.69. The van der Waals surface area contributed by atoms with E-state index in [0.717, 1.165) is 0 Å². The fraction of sp³-hybridized carbons (Fsp3) is 0.0714. The molecule has 0 bridgehead atoms. The molecule has 1 amide bonds. The van der Waals surface area contributed by atoms with E-state index in [-0.39, 0.29) is 32.1 Å². The van der Waals surface area contributed by atoms with Crippen molar-refractivity contribution in [3.8, 4) is 0 Å². The zero-order valence-corrected chi connectivity index (χ0v) is 12.7. The minimum atomic E-state index is -3.78. The van der Waals surface area contributed by atoms with Crippen LogP contribution in [0.25, 0.3) is 0 Å². The highest BCUT2D eigenvalue weighted by Gasteiger charge is 2.21. The molecule has 110 valence electrons. The van der Waals surface area contributed by atoms with Gasteiger partial charge in [-0.2, -0.15) is 0 Å². The van der Waals surface area contributed by atoms with Gasteiger partial charge in [0, 0.05) is 6.92 Å². The first-order valence-electron chi connectivity index (χ1n) is 5.99. The summed E-state index contributed by atoms with van der Waals surface area (Å²) in [5.41, 5.74) is 6.24. The zero-order valence-electron chi connectivity index (χ0n) is 11.1. The lowest BCUT2D eigenvalue weighted by Gasteiger charge is -2.10. The number of benzene rings is 2. The molecule has 5 nitrogen and oxygen atoms in total. The van der Waals surface area contributed by atoms with Gasteiger partial charge in [0.25, 0.3) is 0 Å². The van der Waals surface area contributed by atoms with Gasteiger partial charge in [0.1, 0.15) is 0 Å². The van der Waals surface area contributed by atoms with Crippen molar-refractivity contribution in [2.45, 2.75) is 16.7 Å². The summed E-state index contributed by atoms with van der Waals surface area (Å²) in [5, 5.41) is 2.62. The molecule has 2 aromatic carbocycles. The minimum Gasteiger partial charge on any atom is -0.397 e. The van der Waals surface area contributed by atoms with Crippen LogP contribution in [-0.2, 0) is 14.6 Å². The highest BCUT2D eigenvalue weighted by molar-refractivity contribution is 7.91. The predicted octanol–water partition coefficient (Wildman–Crippen LogP) is 2.71. The van der Waals surface area contributed by atoms with Gasteiger partial charge in [0.15, 0.2) is 0 Å². The number of sulfone groups is 1. The van der Waals surface area contributed by atoms with Crippen LogP contribution in [0.4, 0.5) is 11.4 Å². The van der Waals surface area contributed by atoms with Crippen LogP contribution in [0.15, 0.2) is 52.3 Å². The summed E-state index contributed by atoms with van der Waals surface area (Å²) in [6, 6.07) is 10.3. The van der Waals surface area contributed by atoms with Crippen LogP contribution in [0, 0.1) is 0 Å². The second kappa shape index (κ2) is 5.75. The van der Waals surface area contributed by atoms with E-state index in [9.17, 15) is 13.2 Å². The van der Waals surface area contributed by atoms with Gasteiger partial charge in [-0.1, -0.05) is 23.7 Å². The fourth-order valence-corrected chi connectivity index (χ4v) is 3.59. The molecule has 2 rings (SSSR count). The molecule has 0 saturated carbocycles. The zero-order chi connectivity index (χ0) is 15.6. The number of hydrogen-bond donors (Lipinski definition) is 2. The number of halogens is 1. The Morgan fingerprint density at radius 3 is 2.48 bits per heavy atom. The first-order valence-corrected chi connectivity index (χ1v) is 7.85. The van der Waals surface area contributed by atoms with E-state index in [2.05, 4.69) is 5.32 Å². The Kier molecular flexibility index (Phi) is 4.20. The molecule has 0 saturated heterocycles. The predicted molar refractivity (Wildman–Crippen MR) is 82.1 cm³/mol. The molecule has 0 atom stereocenters. The van der Waals surface area contributed by atoms with Crippen molar-refractivity contribution in [3.05, 3.63) is 47.5 Å². The van der Waals surface area contributed by atoms with Gasteiger partial charge < -0.3 is 11.1 Å². The number of nitrogens with two attached hydrogens (primary N) is 1. The highest BCUT2D eigenvalue weighted by Crippen LogP contribution is 2.30. The lowest BCUT2D eigenvalue weighted by molar-refractivity contribution is -0.114. The molecule has 7 heteroatoms. The molecule has 3 N–H and O–H groups in total. The van der Waals surface area contributed by atoms with Crippen LogP contribution in [0.2, 0.25) is 5.02 Å². The summed E-state index contributed by atoms with van der Waals surface area (Å²) in [7, 11) is -3.78. The molecular formula is C14H13ClN2O3S. The molecule has 0 unspecified atom stereocenters. The Labute approximate surface area is 127 Å². The van der Waals surface area contributed by atoms with Crippen molar-refractivity contribution in [2.75, 3.05) is 11.1 Å². The van der Waals surface area contributed by atoms with Crippen molar-refractivity contribution in [1.29, 1.82) is 0 Å². The van der Waals surface area contributed by atoms with Crippen molar-refractivity contribution in [1.82, 2.24) is 0 Å². The number of nitrogens with one attached hydrogen (secondary N) is 1. The smallest absolute Gasteiger partial charge is 0.221 e. The van der Waals surface area contributed by atoms with E-state index < -0.39 is 9.84 Å². The van der Waals surface area contributed by atoms with Crippen LogP contribution in [0.1, 0.15) is 6.92 Å². The van der Waals surface area contributed by atoms with E-state index in [4.69, 9.17) is 17.3 Å². The topological polar surface area (TPSA) is 89.3 Å². The van der Waals surface area contributed by atoms with Crippen molar-refractivity contribution < 1.29 is 13.2 Å². The second-order valence-electron chi connectivity index (χ2n) is 4.36. The number of hydrogen-bond acceptors (Lipinski definition) is 4. The average Bonchev–Trinajstić information content (AvgIpc) is 2.41. The summed E-state index contributed by atoms with van der Waals surface area (Å²) in [4.78, 5) is 11.1. The summed E-state index contributed by atoms with van der Waals surface area (Å²) < 4.78 is 25.1. The number of carbonyl (C=O) groups excluding carboxylic acids is 1. The number of amides is 1. The van der Waals surface area contributed by atoms with Crippen LogP contribution in [0.3, 0.4) is 0 Å². The van der Waals surface area contributed by atoms with Crippen LogP contribution in [-0.4, -0.2) is 14.3 Å². The van der Waals surface area contributed by atoms with Gasteiger partial charge in [-0.05, 0) is 30.3 Å².